The Morgan fingerprint density at radius 1 is 1.18 bits per heavy atom. The maximum atomic E-state index is 11.1. The van der Waals surface area contributed by atoms with Crippen molar-refractivity contribution in [3.05, 3.63) is 0 Å². The van der Waals surface area contributed by atoms with Gasteiger partial charge in [0.2, 0.25) is 0 Å². The molecule has 2 aliphatic rings. The zero-order valence-electron chi connectivity index (χ0n) is 7.39. The van der Waals surface area contributed by atoms with Crippen LogP contribution < -0.4 is 0 Å². The molecule has 0 aromatic heterocycles. The normalized spacial score (nSPS) is 41.1. The fourth-order valence-electron chi connectivity index (χ4n) is 2.76. The highest BCUT2D eigenvalue weighted by Crippen LogP contribution is 2.63. The summed E-state index contributed by atoms with van der Waals surface area (Å²) in [6.07, 6.45) is 4.03. The van der Waals surface area contributed by atoms with E-state index in [1.54, 1.807) is 0 Å². The summed E-state index contributed by atoms with van der Waals surface area (Å²) < 4.78 is 0. The van der Waals surface area contributed by atoms with E-state index >= 15 is 0 Å². The summed E-state index contributed by atoms with van der Waals surface area (Å²) in [5, 5.41) is 0. The zero-order valence-corrected chi connectivity index (χ0v) is 7.39. The number of carbonyl (C=O) groups excluding carboxylic acids is 1. The van der Waals surface area contributed by atoms with E-state index in [4.69, 9.17) is 0 Å². The Labute approximate surface area is 68.2 Å². The predicted octanol–water partition coefficient (Wildman–Crippen LogP) is 2.40. The second-order valence-electron chi connectivity index (χ2n) is 4.65. The molecule has 0 radical (unpaired) electrons. The Kier molecular flexibility index (Phi) is 1.39. The van der Waals surface area contributed by atoms with Gasteiger partial charge in [0.1, 0.15) is 5.78 Å². The molecule has 0 unspecified atom stereocenters. The van der Waals surface area contributed by atoms with Crippen molar-refractivity contribution in [3.8, 4) is 0 Å². The number of hydrogen-bond donors (Lipinski definition) is 0. The van der Waals surface area contributed by atoms with Crippen molar-refractivity contribution in [1.29, 1.82) is 0 Å². The summed E-state index contributed by atoms with van der Waals surface area (Å²) in [6.45, 7) is 4.69. The molecule has 2 saturated carbocycles. The standard InChI is InChI=1S/C10H16O/c1-10(2)8-5-3-7(11)4-6-9(8)10/h8-9H,3-6H2,1-2H3/t8-,9+. The molecule has 2 atom stereocenters. The van der Waals surface area contributed by atoms with Crippen LogP contribution in [0.15, 0.2) is 0 Å². The van der Waals surface area contributed by atoms with Crippen molar-refractivity contribution in [2.75, 3.05) is 0 Å². The van der Waals surface area contributed by atoms with Crippen molar-refractivity contribution in [2.24, 2.45) is 17.3 Å². The third-order valence-electron chi connectivity index (χ3n) is 3.76. The van der Waals surface area contributed by atoms with Gasteiger partial charge in [-0.25, -0.2) is 0 Å². The lowest BCUT2D eigenvalue weighted by atomic mass is 10.0. The minimum atomic E-state index is 0.494. The Hall–Kier alpha value is -0.330. The minimum absolute atomic E-state index is 0.494. The summed E-state index contributed by atoms with van der Waals surface area (Å²) in [5.41, 5.74) is 0.570. The summed E-state index contributed by atoms with van der Waals surface area (Å²) in [7, 11) is 0. The molecule has 1 nitrogen and oxygen atoms in total. The minimum Gasteiger partial charge on any atom is -0.300 e. The van der Waals surface area contributed by atoms with E-state index in [1.165, 1.54) is 0 Å². The highest BCUT2D eigenvalue weighted by Gasteiger charge is 2.57. The third-order valence-corrected chi connectivity index (χ3v) is 3.76. The quantitative estimate of drug-likeness (QED) is 0.521. The van der Waals surface area contributed by atoms with Crippen LogP contribution in [0.1, 0.15) is 39.5 Å². The molecular formula is C10H16O. The van der Waals surface area contributed by atoms with Gasteiger partial charge in [-0.05, 0) is 30.1 Å². The molecule has 0 bridgehead atoms. The Morgan fingerprint density at radius 3 is 2.09 bits per heavy atom. The van der Waals surface area contributed by atoms with E-state index in [9.17, 15) is 4.79 Å². The van der Waals surface area contributed by atoms with E-state index < -0.39 is 0 Å². The van der Waals surface area contributed by atoms with E-state index in [0.717, 1.165) is 37.5 Å². The Morgan fingerprint density at radius 2 is 1.64 bits per heavy atom. The number of Topliss-reactive ketones (excluding diaryl/α,β-unsaturated/α-hetero) is 1. The van der Waals surface area contributed by atoms with Gasteiger partial charge in [-0.2, -0.15) is 0 Å². The van der Waals surface area contributed by atoms with Gasteiger partial charge in [-0.1, -0.05) is 13.8 Å². The molecule has 62 valence electrons. The maximum absolute atomic E-state index is 11.1. The Balaban J connectivity index is 2.03. The lowest BCUT2D eigenvalue weighted by molar-refractivity contribution is -0.119. The molecule has 0 saturated heterocycles. The summed E-state index contributed by atoms with van der Waals surface area (Å²) in [4.78, 5) is 11.1. The van der Waals surface area contributed by atoms with E-state index in [-0.39, 0.29) is 0 Å². The van der Waals surface area contributed by atoms with Gasteiger partial charge >= 0.3 is 0 Å². The highest BCUT2D eigenvalue weighted by molar-refractivity contribution is 5.78. The van der Waals surface area contributed by atoms with Crippen LogP contribution >= 0.6 is 0 Å². The van der Waals surface area contributed by atoms with Crippen molar-refractivity contribution in [1.82, 2.24) is 0 Å². The molecule has 2 fully saturated rings. The van der Waals surface area contributed by atoms with Gasteiger partial charge < -0.3 is 0 Å². The lowest BCUT2D eigenvalue weighted by Crippen LogP contribution is -2.01. The molecule has 0 amide bonds. The first-order chi connectivity index (χ1) is 5.12. The van der Waals surface area contributed by atoms with Crippen LogP contribution in [0.3, 0.4) is 0 Å². The first-order valence-corrected chi connectivity index (χ1v) is 4.64. The zero-order chi connectivity index (χ0) is 8.06. The molecule has 0 N–H and O–H groups in total. The average Bonchev–Trinajstić information content (AvgIpc) is 2.51. The lowest BCUT2D eigenvalue weighted by Gasteiger charge is -2.04. The van der Waals surface area contributed by atoms with Crippen LogP contribution in [-0.2, 0) is 4.79 Å². The first kappa shape index (κ1) is 7.33. The van der Waals surface area contributed by atoms with Crippen molar-refractivity contribution >= 4 is 5.78 Å². The molecule has 2 aliphatic carbocycles. The topological polar surface area (TPSA) is 17.1 Å². The van der Waals surface area contributed by atoms with Gasteiger partial charge in [-0.15, -0.1) is 0 Å². The molecule has 0 heterocycles. The highest BCUT2D eigenvalue weighted by atomic mass is 16.1. The molecule has 0 aromatic rings. The van der Waals surface area contributed by atoms with Crippen LogP contribution in [-0.4, -0.2) is 5.78 Å². The van der Waals surface area contributed by atoms with Crippen molar-refractivity contribution < 1.29 is 4.79 Å². The monoisotopic (exact) mass is 152 g/mol. The Bertz CT molecular complexity index is 175. The summed E-state index contributed by atoms with van der Waals surface area (Å²) in [6, 6.07) is 0. The van der Waals surface area contributed by atoms with Crippen LogP contribution in [0.5, 0.6) is 0 Å². The van der Waals surface area contributed by atoms with E-state index in [1.807, 2.05) is 0 Å². The molecule has 1 heteroatoms. The van der Waals surface area contributed by atoms with Gasteiger partial charge in [0.05, 0.1) is 0 Å². The van der Waals surface area contributed by atoms with Crippen LogP contribution in [0.2, 0.25) is 0 Å². The van der Waals surface area contributed by atoms with Gasteiger partial charge in [0, 0.05) is 12.8 Å². The molecule has 2 rings (SSSR count). The number of fused-ring (bicyclic) bond motifs is 1. The third kappa shape index (κ3) is 1.02. The first-order valence-electron chi connectivity index (χ1n) is 4.64. The molecule has 0 spiro atoms. The molecule has 0 aliphatic heterocycles. The van der Waals surface area contributed by atoms with Crippen LogP contribution in [0, 0.1) is 17.3 Å². The predicted molar refractivity (Wildman–Crippen MR) is 44.2 cm³/mol. The number of ketones is 1. The average molecular weight is 152 g/mol. The SMILES string of the molecule is CC1(C)[C@@H]2CCC(=O)CC[C@@H]21. The van der Waals surface area contributed by atoms with Gasteiger partial charge in [-0.3, -0.25) is 4.79 Å². The van der Waals surface area contributed by atoms with Gasteiger partial charge in [0.25, 0.3) is 0 Å². The second-order valence-corrected chi connectivity index (χ2v) is 4.65. The van der Waals surface area contributed by atoms with E-state index in [2.05, 4.69) is 13.8 Å². The van der Waals surface area contributed by atoms with Crippen LogP contribution in [0.4, 0.5) is 0 Å². The van der Waals surface area contributed by atoms with Crippen molar-refractivity contribution in [2.45, 2.75) is 39.5 Å². The molecular weight excluding hydrogens is 136 g/mol. The molecule has 11 heavy (non-hydrogen) atoms. The number of hydrogen-bond acceptors (Lipinski definition) is 1. The molecule has 0 aromatic carbocycles. The number of rotatable bonds is 0. The second kappa shape index (κ2) is 2.09. The summed E-state index contributed by atoms with van der Waals surface area (Å²) in [5.74, 6) is 2.23. The summed E-state index contributed by atoms with van der Waals surface area (Å²) >= 11 is 0. The fourth-order valence-corrected chi connectivity index (χ4v) is 2.76. The van der Waals surface area contributed by atoms with E-state index in [0.29, 0.717) is 11.2 Å². The van der Waals surface area contributed by atoms with Crippen molar-refractivity contribution in [3.63, 3.8) is 0 Å². The smallest absolute Gasteiger partial charge is 0.132 e. The maximum Gasteiger partial charge on any atom is 0.132 e. The number of carbonyl (C=O) groups is 1. The van der Waals surface area contributed by atoms with Gasteiger partial charge in [0.15, 0.2) is 0 Å². The fraction of sp³-hybridized carbons (Fsp3) is 0.900. The largest absolute Gasteiger partial charge is 0.300 e. The van der Waals surface area contributed by atoms with Crippen LogP contribution in [0.25, 0.3) is 0 Å².